The van der Waals surface area contributed by atoms with E-state index < -0.39 is 12.2 Å². The van der Waals surface area contributed by atoms with Gasteiger partial charge in [0.25, 0.3) is 0 Å². The van der Waals surface area contributed by atoms with Gasteiger partial charge in [0.1, 0.15) is 18.8 Å². The van der Waals surface area contributed by atoms with Crippen molar-refractivity contribution in [1.29, 1.82) is 0 Å². The Morgan fingerprint density at radius 2 is 1.06 bits per heavy atom. The number of rotatable bonds is 22. The molecule has 0 saturated heterocycles. The largest absolute Gasteiger partial charge is 0.384 e. The quantitative estimate of drug-likeness (QED) is 0.0897. The van der Waals surface area contributed by atoms with Gasteiger partial charge in [-0.25, -0.2) is 0 Å². The summed E-state index contributed by atoms with van der Waals surface area (Å²) in [5, 5.41) is 27.5. The van der Waals surface area contributed by atoms with E-state index in [-0.39, 0.29) is 6.61 Å². The van der Waals surface area contributed by atoms with Crippen molar-refractivity contribution in [2.24, 2.45) is 0 Å². The lowest BCUT2D eigenvalue weighted by Gasteiger charge is -2.03. The van der Waals surface area contributed by atoms with Crippen LogP contribution in [-0.2, 0) is 0 Å². The zero-order valence-electron chi connectivity index (χ0n) is 22.0. The van der Waals surface area contributed by atoms with Crippen LogP contribution in [0.4, 0.5) is 0 Å². The van der Waals surface area contributed by atoms with E-state index in [1.165, 1.54) is 96.3 Å². The van der Waals surface area contributed by atoms with Crippen LogP contribution < -0.4 is 0 Å². The summed E-state index contributed by atoms with van der Waals surface area (Å²) in [7, 11) is 0. The van der Waals surface area contributed by atoms with Crippen LogP contribution >= 0.6 is 0 Å². The zero-order valence-corrected chi connectivity index (χ0v) is 22.0. The first-order valence-corrected chi connectivity index (χ1v) is 13.9. The van der Waals surface area contributed by atoms with Gasteiger partial charge in [-0.05, 0) is 69.3 Å². The SMILES string of the molecule is C#C[C@@H](O)/C=C/CCCCCCCCCC/C=C\CCCCCCCCC[C@H](O)C#CC#CCO. The fourth-order valence-corrected chi connectivity index (χ4v) is 3.86. The van der Waals surface area contributed by atoms with Crippen LogP contribution in [0, 0.1) is 36.0 Å². The molecule has 0 aromatic rings. The number of unbranched alkanes of at least 4 members (excludes halogenated alkanes) is 16. The van der Waals surface area contributed by atoms with Crippen molar-refractivity contribution in [1.82, 2.24) is 0 Å². The minimum atomic E-state index is -0.725. The third kappa shape index (κ3) is 28.2. The number of aliphatic hydroxyl groups excluding tert-OH is 3. The maximum atomic E-state index is 9.71. The van der Waals surface area contributed by atoms with E-state index in [1.807, 2.05) is 6.08 Å². The molecule has 3 heteroatoms. The molecule has 35 heavy (non-hydrogen) atoms. The van der Waals surface area contributed by atoms with Crippen LogP contribution in [0.5, 0.6) is 0 Å². The van der Waals surface area contributed by atoms with Crippen LogP contribution in [0.1, 0.15) is 122 Å². The molecule has 3 nitrogen and oxygen atoms in total. The minimum Gasteiger partial charge on any atom is -0.384 e. The molecule has 0 heterocycles. The molecule has 0 radical (unpaired) electrons. The monoisotopic (exact) mass is 482 g/mol. The summed E-state index contributed by atoms with van der Waals surface area (Å²) >= 11 is 0. The van der Waals surface area contributed by atoms with E-state index in [0.717, 1.165) is 19.3 Å². The average Bonchev–Trinajstić information content (AvgIpc) is 2.86. The highest BCUT2D eigenvalue weighted by Crippen LogP contribution is 2.13. The summed E-state index contributed by atoms with van der Waals surface area (Å²) in [6.45, 7) is -0.189. The van der Waals surface area contributed by atoms with Gasteiger partial charge < -0.3 is 15.3 Å². The number of hydrogen-bond acceptors (Lipinski definition) is 3. The standard InChI is InChI=1S/C32H50O3/c1-2-31(34)27-23-20-18-16-14-12-10-8-6-4-3-5-7-9-11-13-15-17-19-21-24-28-32(35)29-25-22-26-30-33/h1,5,7,23,27,31-35H,3-4,6,8-21,24,28,30H2/b7-5-,27-23+/t31-,32+/m1/s1. The Morgan fingerprint density at radius 1 is 0.600 bits per heavy atom. The molecular weight excluding hydrogens is 432 g/mol. The average molecular weight is 483 g/mol. The Labute approximate surface area is 216 Å². The lowest BCUT2D eigenvalue weighted by Crippen LogP contribution is -2.01. The predicted molar refractivity (Wildman–Crippen MR) is 149 cm³/mol. The third-order valence-electron chi connectivity index (χ3n) is 5.96. The highest BCUT2D eigenvalue weighted by atomic mass is 16.3. The molecule has 2 atom stereocenters. The van der Waals surface area contributed by atoms with Gasteiger partial charge in [0, 0.05) is 0 Å². The molecule has 0 amide bonds. The first-order valence-electron chi connectivity index (χ1n) is 13.9. The summed E-state index contributed by atoms with van der Waals surface area (Å²) in [6, 6.07) is 0. The molecule has 0 saturated carbocycles. The second kappa shape index (κ2) is 28.3. The smallest absolute Gasteiger partial charge is 0.133 e. The Balaban J connectivity index is 3.27. The lowest BCUT2D eigenvalue weighted by atomic mass is 10.0. The predicted octanol–water partition coefficient (Wildman–Crippen LogP) is 6.86. The van der Waals surface area contributed by atoms with Gasteiger partial charge in [0.05, 0.1) is 0 Å². The van der Waals surface area contributed by atoms with E-state index >= 15 is 0 Å². The number of terminal acetylenes is 1. The van der Waals surface area contributed by atoms with Crippen molar-refractivity contribution in [2.75, 3.05) is 6.61 Å². The summed E-state index contributed by atoms with van der Waals surface area (Å²) < 4.78 is 0. The molecule has 0 unspecified atom stereocenters. The van der Waals surface area contributed by atoms with Gasteiger partial charge in [-0.1, -0.05) is 107 Å². The maximum absolute atomic E-state index is 9.71. The molecule has 0 spiro atoms. The van der Waals surface area contributed by atoms with E-state index in [1.54, 1.807) is 6.08 Å². The van der Waals surface area contributed by atoms with Crippen molar-refractivity contribution in [3.8, 4) is 36.0 Å². The molecule has 196 valence electrons. The molecular formula is C32H50O3. The van der Waals surface area contributed by atoms with E-state index in [9.17, 15) is 10.2 Å². The zero-order chi connectivity index (χ0) is 25.7. The number of aliphatic hydroxyl groups is 3. The van der Waals surface area contributed by atoms with Crippen LogP contribution in [0.3, 0.4) is 0 Å². The molecule has 0 aromatic carbocycles. The molecule has 0 aliphatic rings. The van der Waals surface area contributed by atoms with E-state index in [4.69, 9.17) is 11.5 Å². The fourth-order valence-electron chi connectivity index (χ4n) is 3.86. The Morgan fingerprint density at radius 3 is 1.54 bits per heavy atom. The van der Waals surface area contributed by atoms with Gasteiger partial charge in [0.15, 0.2) is 0 Å². The highest BCUT2D eigenvalue weighted by Gasteiger charge is 1.99. The Hall–Kier alpha value is -1.96. The summed E-state index contributed by atoms with van der Waals surface area (Å²) in [4.78, 5) is 0. The number of allylic oxidation sites excluding steroid dienone is 3. The molecule has 0 aromatic heterocycles. The third-order valence-corrected chi connectivity index (χ3v) is 5.96. The van der Waals surface area contributed by atoms with Crippen molar-refractivity contribution in [2.45, 2.75) is 134 Å². The summed E-state index contributed by atoms with van der Waals surface area (Å²) in [6.07, 6.45) is 35.4. The van der Waals surface area contributed by atoms with Crippen molar-refractivity contribution < 1.29 is 15.3 Å². The van der Waals surface area contributed by atoms with Gasteiger partial charge in [-0.15, -0.1) is 6.42 Å². The van der Waals surface area contributed by atoms with E-state index in [2.05, 4.69) is 41.8 Å². The second-order valence-electron chi connectivity index (χ2n) is 9.21. The summed E-state index contributed by atoms with van der Waals surface area (Å²) in [5.74, 6) is 12.5. The first kappa shape index (κ1) is 33.0. The molecule has 0 bridgehead atoms. The van der Waals surface area contributed by atoms with Gasteiger partial charge in [0.2, 0.25) is 0 Å². The Kier molecular flexibility index (Phi) is 26.7. The fraction of sp³-hybridized carbons (Fsp3) is 0.688. The maximum Gasteiger partial charge on any atom is 0.133 e. The number of hydrogen-bond donors (Lipinski definition) is 3. The molecule has 0 aliphatic heterocycles. The van der Waals surface area contributed by atoms with Crippen molar-refractivity contribution in [3.63, 3.8) is 0 Å². The normalized spacial score (nSPS) is 12.6. The van der Waals surface area contributed by atoms with Crippen molar-refractivity contribution in [3.05, 3.63) is 24.3 Å². The first-order chi connectivity index (χ1) is 17.2. The van der Waals surface area contributed by atoms with Crippen LogP contribution in [0.15, 0.2) is 24.3 Å². The van der Waals surface area contributed by atoms with Crippen molar-refractivity contribution >= 4 is 0 Å². The van der Waals surface area contributed by atoms with Crippen LogP contribution in [-0.4, -0.2) is 34.1 Å². The topological polar surface area (TPSA) is 60.7 Å². The lowest BCUT2D eigenvalue weighted by molar-refractivity contribution is 0.217. The second-order valence-corrected chi connectivity index (χ2v) is 9.21. The van der Waals surface area contributed by atoms with Gasteiger partial charge >= 0.3 is 0 Å². The molecule has 3 N–H and O–H groups in total. The van der Waals surface area contributed by atoms with Gasteiger partial charge in [-0.3, -0.25) is 0 Å². The Bertz CT molecular complexity index is 678. The summed E-state index contributed by atoms with van der Waals surface area (Å²) in [5.41, 5.74) is 0. The minimum absolute atomic E-state index is 0.189. The highest BCUT2D eigenvalue weighted by molar-refractivity contribution is 5.27. The van der Waals surface area contributed by atoms with Crippen LogP contribution in [0.25, 0.3) is 0 Å². The molecule has 0 aliphatic carbocycles. The molecule has 0 rings (SSSR count). The van der Waals surface area contributed by atoms with Crippen LogP contribution in [0.2, 0.25) is 0 Å². The van der Waals surface area contributed by atoms with E-state index in [0.29, 0.717) is 6.42 Å². The molecule has 0 fully saturated rings. The van der Waals surface area contributed by atoms with Gasteiger partial charge in [-0.2, -0.15) is 0 Å².